The SMILES string of the molecule is C[C@H]1CN(C(=O)Cc2cccc3ccccc23)CCN1. The van der Waals surface area contributed by atoms with Gasteiger partial charge < -0.3 is 10.2 Å². The zero-order chi connectivity index (χ0) is 13.9. The van der Waals surface area contributed by atoms with Gasteiger partial charge in [0.2, 0.25) is 5.91 Å². The topological polar surface area (TPSA) is 32.3 Å². The monoisotopic (exact) mass is 268 g/mol. The summed E-state index contributed by atoms with van der Waals surface area (Å²) >= 11 is 0. The van der Waals surface area contributed by atoms with Gasteiger partial charge in [-0.2, -0.15) is 0 Å². The summed E-state index contributed by atoms with van der Waals surface area (Å²) in [5.41, 5.74) is 1.12. The van der Waals surface area contributed by atoms with Crippen LogP contribution in [0.5, 0.6) is 0 Å². The summed E-state index contributed by atoms with van der Waals surface area (Å²) in [6, 6.07) is 14.8. The van der Waals surface area contributed by atoms with E-state index in [4.69, 9.17) is 0 Å². The third-order valence-electron chi connectivity index (χ3n) is 3.94. The predicted molar refractivity (Wildman–Crippen MR) is 81.7 cm³/mol. The van der Waals surface area contributed by atoms with Gasteiger partial charge in [-0.3, -0.25) is 4.79 Å². The van der Waals surface area contributed by atoms with Gasteiger partial charge >= 0.3 is 0 Å². The zero-order valence-electron chi connectivity index (χ0n) is 11.8. The molecule has 1 amide bonds. The number of rotatable bonds is 2. The van der Waals surface area contributed by atoms with Crippen LogP contribution in [-0.4, -0.2) is 36.5 Å². The molecule has 1 aliphatic rings. The van der Waals surface area contributed by atoms with Crippen LogP contribution < -0.4 is 5.32 Å². The van der Waals surface area contributed by atoms with Crippen LogP contribution in [0, 0.1) is 0 Å². The minimum Gasteiger partial charge on any atom is -0.340 e. The van der Waals surface area contributed by atoms with E-state index >= 15 is 0 Å². The Morgan fingerprint density at radius 2 is 2.05 bits per heavy atom. The van der Waals surface area contributed by atoms with Crippen molar-refractivity contribution in [1.29, 1.82) is 0 Å². The molecule has 20 heavy (non-hydrogen) atoms. The van der Waals surface area contributed by atoms with Crippen molar-refractivity contribution in [2.45, 2.75) is 19.4 Å². The van der Waals surface area contributed by atoms with Gasteiger partial charge in [0, 0.05) is 25.7 Å². The quantitative estimate of drug-likeness (QED) is 0.905. The number of hydrogen-bond acceptors (Lipinski definition) is 2. The van der Waals surface area contributed by atoms with E-state index in [1.807, 2.05) is 23.1 Å². The van der Waals surface area contributed by atoms with Crippen LogP contribution in [0.4, 0.5) is 0 Å². The number of piperazine rings is 1. The molecule has 0 spiro atoms. The first-order chi connectivity index (χ1) is 9.74. The second kappa shape index (κ2) is 5.63. The molecule has 1 saturated heterocycles. The molecular weight excluding hydrogens is 248 g/mol. The number of nitrogens with one attached hydrogen (secondary N) is 1. The Morgan fingerprint density at radius 1 is 1.25 bits per heavy atom. The van der Waals surface area contributed by atoms with Crippen molar-refractivity contribution < 1.29 is 4.79 Å². The van der Waals surface area contributed by atoms with Crippen LogP contribution in [0.1, 0.15) is 12.5 Å². The summed E-state index contributed by atoms with van der Waals surface area (Å²) in [6.07, 6.45) is 0.494. The van der Waals surface area contributed by atoms with Crippen molar-refractivity contribution in [3.8, 4) is 0 Å². The highest BCUT2D eigenvalue weighted by molar-refractivity contribution is 5.90. The number of amides is 1. The maximum Gasteiger partial charge on any atom is 0.227 e. The first kappa shape index (κ1) is 13.1. The third kappa shape index (κ3) is 2.68. The minimum atomic E-state index is 0.231. The first-order valence-electron chi connectivity index (χ1n) is 7.22. The maximum atomic E-state index is 12.5. The molecule has 1 atom stereocenters. The molecule has 3 rings (SSSR count). The largest absolute Gasteiger partial charge is 0.340 e. The van der Waals surface area contributed by atoms with Gasteiger partial charge in [-0.05, 0) is 23.3 Å². The minimum absolute atomic E-state index is 0.231. The third-order valence-corrected chi connectivity index (χ3v) is 3.94. The van der Waals surface area contributed by atoms with Crippen LogP contribution in [0.25, 0.3) is 10.8 Å². The summed E-state index contributed by atoms with van der Waals surface area (Å²) in [4.78, 5) is 14.4. The van der Waals surface area contributed by atoms with E-state index in [2.05, 4.69) is 36.5 Å². The standard InChI is InChI=1S/C17H20N2O/c1-13-12-19(10-9-18-13)17(20)11-15-7-4-6-14-5-2-3-8-16(14)15/h2-8,13,18H,9-12H2,1H3/t13-/m0/s1. The van der Waals surface area contributed by atoms with Crippen molar-refractivity contribution in [2.75, 3.05) is 19.6 Å². The van der Waals surface area contributed by atoms with Crippen LogP contribution in [-0.2, 0) is 11.2 Å². The van der Waals surface area contributed by atoms with Crippen molar-refractivity contribution in [3.63, 3.8) is 0 Å². The summed E-state index contributed by atoms with van der Waals surface area (Å²) < 4.78 is 0. The molecule has 0 unspecified atom stereocenters. The average molecular weight is 268 g/mol. The average Bonchev–Trinajstić information content (AvgIpc) is 2.47. The van der Waals surface area contributed by atoms with E-state index in [1.165, 1.54) is 10.8 Å². The van der Waals surface area contributed by atoms with E-state index in [-0.39, 0.29) is 5.91 Å². The first-order valence-corrected chi connectivity index (χ1v) is 7.22. The van der Waals surface area contributed by atoms with Gasteiger partial charge in [-0.15, -0.1) is 0 Å². The predicted octanol–water partition coefficient (Wildman–Crippen LogP) is 2.20. The fourth-order valence-electron chi connectivity index (χ4n) is 2.88. The highest BCUT2D eigenvalue weighted by Gasteiger charge is 2.20. The number of carbonyl (C=O) groups is 1. The molecule has 104 valence electrons. The molecule has 1 fully saturated rings. The molecule has 3 heteroatoms. The second-order valence-electron chi connectivity index (χ2n) is 5.51. The van der Waals surface area contributed by atoms with E-state index < -0.39 is 0 Å². The van der Waals surface area contributed by atoms with Gasteiger partial charge in [0.15, 0.2) is 0 Å². The van der Waals surface area contributed by atoms with Gasteiger partial charge in [0.25, 0.3) is 0 Å². The fraction of sp³-hybridized carbons (Fsp3) is 0.353. The number of fused-ring (bicyclic) bond motifs is 1. The van der Waals surface area contributed by atoms with Gasteiger partial charge in [0.05, 0.1) is 6.42 Å². The van der Waals surface area contributed by atoms with Crippen LogP contribution in [0.3, 0.4) is 0 Å². The van der Waals surface area contributed by atoms with Crippen LogP contribution in [0.2, 0.25) is 0 Å². The molecule has 1 heterocycles. The molecule has 0 saturated carbocycles. The number of hydrogen-bond donors (Lipinski definition) is 1. The Bertz CT molecular complexity index is 618. The van der Waals surface area contributed by atoms with E-state index in [0.29, 0.717) is 12.5 Å². The lowest BCUT2D eigenvalue weighted by atomic mass is 10.0. The summed E-state index contributed by atoms with van der Waals surface area (Å²) in [5, 5.41) is 5.75. The normalized spacial score (nSPS) is 19.2. The summed E-state index contributed by atoms with van der Waals surface area (Å²) in [6.45, 7) is 4.64. The van der Waals surface area contributed by atoms with E-state index in [1.54, 1.807) is 0 Å². The van der Waals surface area contributed by atoms with E-state index in [9.17, 15) is 4.79 Å². The van der Waals surface area contributed by atoms with Crippen LogP contribution in [0.15, 0.2) is 42.5 Å². The Morgan fingerprint density at radius 3 is 2.90 bits per heavy atom. The molecule has 0 bridgehead atoms. The zero-order valence-corrected chi connectivity index (χ0v) is 11.8. The molecule has 0 aromatic heterocycles. The van der Waals surface area contributed by atoms with E-state index in [0.717, 1.165) is 25.2 Å². The summed E-state index contributed by atoms with van der Waals surface area (Å²) in [7, 11) is 0. The Balaban J connectivity index is 1.80. The Labute approximate surface area is 119 Å². The number of carbonyl (C=O) groups excluding carboxylic acids is 1. The van der Waals surface area contributed by atoms with Crippen molar-refractivity contribution in [3.05, 3.63) is 48.0 Å². The summed E-state index contributed by atoms with van der Waals surface area (Å²) in [5.74, 6) is 0.231. The van der Waals surface area contributed by atoms with Gasteiger partial charge in [0.1, 0.15) is 0 Å². The number of nitrogens with zero attached hydrogens (tertiary/aromatic N) is 1. The highest BCUT2D eigenvalue weighted by atomic mass is 16.2. The molecule has 3 nitrogen and oxygen atoms in total. The second-order valence-corrected chi connectivity index (χ2v) is 5.51. The lowest BCUT2D eigenvalue weighted by Gasteiger charge is -2.32. The van der Waals surface area contributed by atoms with Crippen molar-refractivity contribution in [2.24, 2.45) is 0 Å². The fourth-order valence-corrected chi connectivity index (χ4v) is 2.88. The van der Waals surface area contributed by atoms with Gasteiger partial charge in [-0.1, -0.05) is 42.5 Å². The molecule has 0 radical (unpaired) electrons. The van der Waals surface area contributed by atoms with Crippen LogP contribution >= 0.6 is 0 Å². The molecular formula is C17H20N2O. The molecule has 1 N–H and O–H groups in total. The maximum absolute atomic E-state index is 12.5. The lowest BCUT2D eigenvalue weighted by Crippen LogP contribution is -2.51. The molecule has 2 aromatic rings. The molecule has 2 aromatic carbocycles. The Hall–Kier alpha value is -1.87. The van der Waals surface area contributed by atoms with Crippen molar-refractivity contribution in [1.82, 2.24) is 10.2 Å². The van der Waals surface area contributed by atoms with Crippen molar-refractivity contribution >= 4 is 16.7 Å². The molecule has 1 aliphatic heterocycles. The van der Waals surface area contributed by atoms with Gasteiger partial charge in [-0.25, -0.2) is 0 Å². The Kier molecular flexibility index (Phi) is 3.70. The highest BCUT2D eigenvalue weighted by Crippen LogP contribution is 2.19. The lowest BCUT2D eigenvalue weighted by molar-refractivity contribution is -0.131. The smallest absolute Gasteiger partial charge is 0.227 e. The molecule has 0 aliphatic carbocycles. The number of benzene rings is 2.